The van der Waals surface area contributed by atoms with Crippen molar-refractivity contribution >= 4 is 21.5 Å². The average Bonchev–Trinajstić information content (AvgIpc) is 2.37. The first kappa shape index (κ1) is 17.6. The third kappa shape index (κ3) is 4.80. The van der Waals surface area contributed by atoms with Crippen LogP contribution in [-0.2, 0) is 10.1 Å². The molecule has 0 spiro atoms. The summed E-state index contributed by atoms with van der Waals surface area (Å²) < 4.78 is 30.5. The first-order chi connectivity index (χ1) is 9.36. The van der Waals surface area contributed by atoms with Gasteiger partial charge in [0.25, 0.3) is 10.1 Å². The number of aromatic hydroxyl groups is 2. The summed E-state index contributed by atoms with van der Waals surface area (Å²) in [6, 6.07) is 8.90. The summed E-state index contributed by atoms with van der Waals surface area (Å²) >= 11 is 0. The SMILES string of the molecule is O=S(=O)(O)c1ccc(N=Nc2ccc(O)cc2O)cc1.[Na+]. The van der Waals surface area contributed by atoms with Gasteiger partial charge < -0.3 is 10.2 Å². The molecule has 2 rings (SSSR count). The van der Waals surface area contributed by atoms with Gasteiger partial charge in [0.1, 0.15) is 17.2 Å². The molecule has 0 aromatic heterocycles. The number of azo groups is 1. The molecule has 0 aliphatic heterocycles. The Morgan fingerprint density at radius 1 is 0.905 bits per heavy atom. The molecular weight excluding hydrogens is 307 g/mol. The molecule has 0 aliphatic rings. The molecule has 0 unspecified atom stereocenters. The van der Waals surface area contributed by atoms with Crippen molar-refractivity contribution in [3.8, 4) is 11.5 Å². The maximum absolute atomic E-state index is 10.8. The van der Waals surface area contributed by atoms with E-state index in [9.17, 15) is 13.5 Å². The van der Waals surface area contributed by atoms with E-state index in [1.54, 1.807) is 0 Å². The minimum atomic E-state index is -4.24. The van der Waals surface area contributed by atoms with Gasteiger partial charge in [-0.25, -0.2) is 0 Å². The summed E-state index contributed by atoms with van der Waals surface area (Å²) in [7, 11) is -4.24. The predicted molar refractivity (Wildman–Crippen MR) is 70.2 cm³/mol. The minimum Gasteiger partial charge on any atom is -0.508 e. The second-order valence-corrected chi connectivity index (χ2v) is 5.26. The summed E-state index contributed by atoms with van der Waals surface area (Å²) in [5.74, 6) is -0.331. The van der Waals surface area contributed by atoms with E-state index in [1.807, 2.05) is 0 Å². The maximum Gasteiger partial charge on any atom is 1.00 e. The maximum atomic E-state index is 10.8. The zero-order chi connectivity index (χ0) is 14.8. The molecule has 0 heterocycles. The van der Waals surface area contributed by atoms with Crippen molar-refractivity contribution < 1.29 is 52.7 Å². The summed E-state index contributed by atoms with van der Waals surface area (Å²) in [5, 5.41) is 26.2. The van der Waals surface area contributed by atoms with E-state index >= 15 is 0 Å². The van der Waals surface area contributed by atoms with Crippen molar-refractivity contribution in [2.24, 2.45) is 10.2 Å². The van der Waals surface area contributed by atoms with Crippen molar-refractivity contribution in [2.75, 3.05) is 0 Å². The summed E-state index contributed by atoms with van der Waals surface area (Å²) in [4.78, 5) is -0.246. The summed E-state index contributed by atoms with van der Waals surface area (Å²) in [5.41, 5.74) is 0.492. The molecule has 21 heavy (non-hydrogen) atoms. The average molecular weight is 317 g/mol. The van der Waals surface area contributed by atoms with Gasteiger partial charge in [-0.05, 0) is 36.4 Å². The first-order valence-corrected chi connectivity index (χ1v) is 6.81. The molecule has 0 fully saturated rings. The van der Waals surface area contributed by atoms with Gasteiger partial charge in [-0.3, -0.25) is 4.55 Å². The van der Waals surface area contributed by atoms with E-state index in [4.69, 9.17) is 9.66 Å². The van der Waals surface area contributed by atoms with Crippen LogP contribution >= 0.6 is 0 Å². The van der Waals surface area contributed by atoms with Crippen molar-refractivity contribution in [1.82, 2.24) is 0 Å². The van der Waals surface area contributed by atoms with Gasteiger partial charge >= 0.3 is 29.6 Å². The number of rotatable bonds is 3. The van der Waals surface area contributed by atoms with Crippen LogP contribution in [0.1, 0.15) is 0 Å². The fourth-order valence-corrected chi connectivity index (χ4v) is 1.87. The van der Waals surface area contributed by atoms with E-state index in [2.05, 4.69) is 10.2 Å². The minimum absolute atomic E-state index is 0. The van der Waals surface area contributed by atoms with Gasteiger partial charge in [-0.1, -0.05) is 0 Å². The molecule has 2 aromatic carbocycles. The molecule has 0 bridgehead atoms. The number of hydrogen-bond acceptors (Lipinski definition) is 6. The van der Waals surface area contributed by atoms with Crippen LogP contribution in [0.25, 0.3) is 0 Å². The van der Waals surface area contributed by atoms with Gasteiger partial charge in [-0.15, -0.1) is 5.11 Å². The Morgan fingerprint density at radius 2 is 1.52 bits per heavy atom. The first-order valence-electron chi connectivity index (χ1n) is 5.37. The summed E-state index contributed by atoms with van der Waals surface area (Å²) in [6.45, 7) is 0. The Morgan fingerprint density at radius 3 is 2.05 bits per heavy atom. The Hall–Kier alpha value is -1.45. The normalized spacial score (nSPS) is 11.3. The van der Waals surface area contributed by atoms with Crippen molar-refractivity contribution in [3.63, 3.8) is 0 Å². The van der Waals surface area contributed by atoms with Gasteiger partial charge in [0, 0.05) is 6.07 Å². The van der Waals surface area contributed by atoms with Gasteiger partial charge in [0.05, 0.1) is 10.6 Å². The number of hydrogen-bond donors (Lipinski definition) is 3. The predicted octanol–water partition coefficient (Wildman–Crippen LogP) is -0.236. The standard InChI is InChI=1S/C12H10N2O5S.Na/c15-9-3-6-11(12(16)7-9)14-13-8-1-4-10(5-2-8)20(17,18)19;/h1-7,15-16H,(H,17,18,19);/q;+1. The molecule has 0 saturated carbocycles. The van der Waals surface area contributed by atoms with Crippen LogP contribution < -0.4 is 29.6 Å². The van der Waals surface area contributed by atoms with Crippen molar-refractivity contribution in [2.45, 2.75) is 4.90 Å². The van der Waals surface area contributed by atoms with E-state index in [0.717, 1.165) is 6.07 Å². The van der Waals surface area contributed by atoms with Crippen LogP contribution in [0.15, 0.2) is 57.6 Å². The largest absolute Gasteiger partial charge is 1.00 e. The second kappa shape index (κ2) is 7.01. The number of nitrogens with zero attached hydrogens (tertiary/aromatic N) is 2. The number of benzene rings is 2. The van der Waals surface area contributed by atoms with Crippen LogP contribution in [0.5, 0.6) is 11.5 Å². The molecule has 104 valence electrons. The molecule has 0 aliphatic carbocycles. The van der Waals surface area contributed by atoms with Crippen molar-refractivity contribution in [1.29, 1.82) is 0 Å². The zero-order valence-corrected chi connectivity index (χ0v) is 13.8. The Bertz CT molecular complexity index is 760. The Labute approximate surface area is 143 Å². The molecule has 9 heteroatoms. The van der Waals surface area contributed by atoms with Gasteiger partial charge in [0.15, 0.2) is 0 Å². The molecule has 0 radical (unpaired) electrons. The third-order valence-electron chi connectivity index (χ3n) is 2.37. The van der Waals surface area contributed by atoms with Gasteiger partial charge in [0.2, 0.25) is 0 Å². The molecule has 0 saturated heterocycles. The number of phenols is 2. The molecular formula is C12H10N2NaO5S+. The Balaban J connectivity index is 0.00000220. The fourth-order valence-electron chi connectivity index (χ4n) is 1.39. The van der Waals surface area contributed by atoms with E-state index < -0.39 is 10.1 Å². The van der Waals surface area contributed by atoms with Crippen LogP contribution in [0.2, 0.25) is 0 Å². The summed E-state index contributed by atoms with van der Waals surface area (Å²) in [6.07, 6.45) is 0. The zero-order valence-electron chi connectivity index (χ0n) is 11.0. The smallest absolute Gasteiger partial charge is 0.508 e. The van der Waals surface area contributed by atoms with E-state index in [-0.39, 0.29) is 51.6 Å². The van der Waals surface area contributed by atoms with Gasteiger partial charge in [-0.2, -0.15) is 13.5 Å². The van der Waals surface area contributed by atoms with E-state index in [0.29, 0.717) is 5.69 Å². The molecule has 2 aromatic rings. The fraction of sp³-hybridized carbons (Fsp3) is 0. The van der Waals surface area contributed by atoms with Crippen molar-refractivity contribution in [3.05, 3.63) is 42.5 Å². The van der Waals surface area contributed by atoms with E-state index in [1.165, 1.54) is 36.4 Å². The third-order valence-corrected chi connectivity index (χ3v) is 3.23. The van der Waals surface area contributed by atoms with Crippen LogP contribution in [-0.4, -0.2) is 23.2 Å². The molecule has 0 atom stereocenters. The quantitative estimate of drug-likeness (QED) is 0.410. The topological polar surface area (TPSA) is 120 Å². The monoisotopic (exact) mass is 317 g/mol. The second-order valence-electron chi connectivity index (χ2n) is 3.84. The Kier molecular flexibility index (Phi) is 5.87. The van der Waals surface area contributed by atoms with Crippen LogP contribution in [0, 0.1) is 0 Å². The van der Waals surface area contributed by atoms with Crippen LogP contribution in [0.3, 0.4) is 0 Å². The number of phenolic OH excluding ortho intramolecular Hbond substituents is 2. The molecule has 0 amide bonds. The van der Waals surface area contributed by atoms with Crippen LogP contribution in [0.4, 0.5) is 11.4 Å². The molecule has 3 N–H and O–H groups in total. The molecule has 7 nitrogen and oxygen atoms in total.